The molecule has 0 aliphatic carbocycles. The molecule has 0 bridgehead atoms. The predicted molar refractivity (Wildman–Crippen MR) is 120 cm³/mol. The molecule has 0 atom stereocenters. The number of benzene rings is 2. The second-order valence-electron chi connectivity index (χ2n) is 7.15. The standard InChI is InChI=1S/C23H19N5O4/c1-2-31-23(30)26-22-24-17-9-7-13(11-19(17)25-22)20-10-8-14(32-20)12-18-15-5-3-4-6-16(15)21(29)28-27-18/h3-11H,2,12H2,1H3,(H,28,29)(H2,24,25,26,30). The van der Waals surface area contributed by atoms with E-state index >= 15 is 0 Å². The molecule has 3 N–H and O–H groups in total. The second kappa shape index (κ2) is 8.03. The first kappa shape index (κ1) is 19.6. The van der Waals surface area contributed by atoms with Crippen molar-refractivity contribution < 1.29 is 13.9 Å². The van der Waals surface area contributed by atoms with Gasteiger partial charge < -0.3 is 14.1 Å². The Labute approximate surface area is 181 Å². The number of rotatable bonds is 5. The van der Waals surface area contributed by atoms with E-state index in [-0.39, 0.29) is 12.2 Å². The maximum atomic E-state index is 12.0. The summed E-state index contributed by atoms with van der Waals surface area (Å²) in [5.74, 6) is 1.72. The summed E-state index contributed by atoms with van der Waals surface area (Å²) in [5, 5.41) is 10.7. The van der Waals surface area contributed by atoms with Crippen LogP contribution < -0.4 is 10.9 Å². The maximum absolute atomic E-state index is 12.0. The number of H-pyrrole nitrogens is 2. The largest absolute Gasteiger partial charge is 0.461 e. The van der Waals surface area contributed by atoms with E-state index in [0.29, 0.717) is 29.0 Å². The fraction of sp³-hybridized carbons (Fsp3) is 0.130. The van der Waals surface area contributed by atoms with Gasteiger partial charge in [-0.15, -0.1) is 0 Å². The summed E-state index contributed by atoms with van der Waals surface area (Å²) in [4.78, 5) is 31.0. The van der Waals surface area contributed by atoms with Crippen molar-refractivity contribution in [3.63, 3.8) is 0 Å². The summed E-state index contributed by atoms with van der Waals surface area (Å²) >= 11 is 0. The van der Waals surface area contributed by atoms with Crippen LogP contribution in [0.2, 0.25) is 0 Å². The number of anilines is 1. The topological polar surface area (TPSA) is 126 Å². The van der Waals surface area contributed by atoms with Crippen LogP contribution in [0.4, 0.5) is 10.7 Å². The third-order valence-electron chi connectivity index (χ3n) is 5.04. The van der Waals surface area contributed by atoms with Gasteiger partial charge in [-0.3, -0.25) is 10.1 Å². The molecule has 9 heteroatoms. The van der Waals surface area contributed by atoms with Gasteiger partial charge in [0.25, 0.3) is 5.56 Å². The van der Waals surface area contributed by atoms with Gasteiger partial charge in [-0.05, 0) is 43.3 Å². The third kappa shape index (κ3) is 3.71. The Hall–Kier alpha value is -4.40. The average Bonchev–Trinajstić information content (AvgIpc) is 3.42. The van der Waals surface area contributed by atoms with Crippen molar-refractivity contribution >= 4 is 33.8 Å². The van der Waals surface area contributed by atoms with Crippen molar-refractivity contribution in [2.45, 2.75) is 13.3 Å². The highest BCUT2D eigenvalue weighted by Gasteiger charge is 2.12. The number of fused-ring (bicyclic) bond motifs is 2. The minimum atomic E-state index is -0.564. The van der Waals surface area contributed by atoms with E-state index in [9.17, 15) is 9.59 Å². The Kier molecular flexibility index (Phi) is 4.91. The Morgan fingerprint density at radius 1 is 1.12 bits per heavy atom. The molecule has 0 spiro atoms. The number of amides is 1. The molecule has 160 valence electrons. The number of nitrogens with zero attached hydrogens (tertiary/aromatic N) is 2. The zero-order valence-corrected chi connectivity index (χ0v) is 17.1. The van der Waals surface area contributed by atoms with Gasteiger partial charge in [0, 0.05) is 10.9 Å². The van der Waals surface area contributed by atoms with Crippen molar-refractivity contribution in [2.75, 3.05) is 11.9 Å². The number of carbonyl (C=O) groups excluding carboxylic acids is 1. The van der Waals surface area contributed by atoms with Crippen LogP contribution in [0, 0.1) is 0 Å². The highest BCUT2D eigenvalue weighted by molar-refractivity contribution is 5.88. The van der Waals surface area contributed by atoms with Gasteiger partial charge >= 0.3 is 6.09 Å². The summed E-state index contributed by atoms with van der Waals surface area (Å²) in [7, 11) is 0. The monoisotopic (exact) mass is 429 g/mol. The first-order valence-corrected chi connectivity index (χ1v) is 10.1. The van der Waals surface area contributed by atoms with Gasteiger partial charge in [-0.25, -0.2) is 14.9 Å². The van der Waals surface area contributed by atoms with Gasteiger partial charge in [-0.2, -0.15) is 5.10 Å². The van der Waals surface area contributed by atoms with Crippen molar-refractivity contribution in [3.05, 3.63) is 76.4 Å². The molecule has 1 amide bonds. The number of nitrogens with one attached hydrogen (secondary N) is 3. The van der Waals surface area contributed by atoms with Gasteiger partial charge in [0.1, 0.15) is 11.5 Å². The Bertz CT molecular complexity index is 1500. The first-order valence-electron chi connectivity index (χ1n) is 10.1. The quantitative estimate of drug-likeness (QED) is 0.384. The van der Waals surface area contributed by atoms with Gasteiger partial charge in [0.2, 0.25) is 5.95 Å². The van der Waals surface area contributed by atoms with E-state index in [2.05, 4.69) is 25.5 Å². The number of aromatic amines is 2. The Morgan fingerprint density at radius 2 is 1.97 bits per heavy atom. The number of aromatic nitrogens is 4. The molecule has 32 heavy (non-hydrogen) atoms. The second-order valence-corrected chi connectivity index (χ2v) is 7.15. The maximum Gasteiger partial charge on any atom is 0.413 e. The molecule has 0 radical (unpaired) electrons. The number of hydrogen-bond donors (Lipinski definition) is 3. The third-order valence-corrected chi connectivity index (χ3v) is 5.04. The van der Waals surface area contributed by atoms with Crippen LogP contribution in [0.25, 0.3) is 33.1 Å². The lowest BCUT2D eigenvalue weighted by Gasteiger charge is -2.03. The molecule has 9 nitrogen and oxygen atoms in total. The number of carbonyl (C=O) groups is 1. The van der Waals surface area contributed by atoms with Gasteiger partial charge in [0.15, 0.2) is 0 Å². The molecule has 3 aromatic heterocycles. The van der Waals surface area contributed by atoms with E-state index in [4.69, 9.17) is 9.15 Å². The summed E-state index contributed by atoms with van der Waals surface area (Å²) < 4.78 is 10.9. The molecule has 3 heterocycles. The van der Waals surface area contributed by atoms with Crippen molar-refractivity contribution in [3.8, 4) is 11.3 Å². The van der Waals surface area contributed by atoms with Crippen molar-refractivity contribution in [1.29, 1.82) is 0 Å². The number of ether oxygens (including phenoxy) is 1. The fourth-order valence-corrected chi connectivity index (χ4v) is 3.59. The molecule has 5 aromatic rings. The summed E-state index contributed by atoms with van der Waals surface area (Å²) in [6, 6.07) is 16.8. The minimum Gasteiger partial charge on any atom is -0.461 e. The lowest BCUT2D eigenvalue weighted by molar-refractivity contribution is 0.167. The SMILES string of the molecule is CCOC(=O)Nc1nc2ccc(-c3ccc(Cc4n[nH]c(=O)c5ccccc45)o3)cc2[nH]1. The van der Waals surface area contributed by atoms with Crippen LogP contribution >= 0.6 is 0 Å². The molecule has 0 unspecified atom stereocenters. The highest BCUT2D eigenvalue weighted by atomic mass is 16.5. The highest BCUT2D eigenvalue weighted by Crippen LogP contribution is 2.27. The minimum absolute atomic E-state index is 0.214. The van der Waals surface area contributed by atoms with E-state index in [1.165, 1.54) is 0 Å². The fourth-order valence-electron chi connectivity index (χ4n) is 3.59. The molecule has 0 aliphatic heterocycles. The molecule has 0 aliphatic rings. The predicted octanol–water partition coefficient (Wildman–Crippen LogP) is 4.22. The lowest BCUT2D eigenvalue weighted by Crippen LogP contribution is -2.14. The molecule has 2 aromatic carbocycles. The number of hydrogen-bond acceptors (Lipinski definition) is 6. The first-order chi connectivity index (χ1) is 15.6. The van der Waals surface area contributed by atoms with Gasteiger partial charge in [0.05, 0.1) is 35.1 Å². The summed E-state index contributed by atoms with van der Waals surface area (Å²) in [6.45, 7) is 2.01. The van der Waals surface area contributed by atoms with E-state index in [0.717, 1.165) is 27.9 Å². The Balaban J connectivity index is 1.40. The molecule has 0 fully saturated rings. The summed E-state index contributed by atoms with van der Waals surface area (Å²) in [5.41, 5.74) is 2.83. The normalized spacial score (nSPS) is 11.2. The molecular weight excluding hydrogens is 410 g/mol. The van der Waals surface area contributed by atoms with E-state index in [1.807, 2.05) is 48.5 Å². The smallest absolute Gasteiger partial charge is 0.413 e. The average molecular weight is 429 g/mol. The van der Waals surface area contributed by atoms with Crippen LogP contribution in [0.15, 0.2) is 63.8 Å². The number of furan rings is 1. The number of imidazole rings is 1. The molecule has 0 saturated heterocycles. The van der Waals surface area contributed by atoms with Crippen LogP contribution in [0.1, 0.15) is 18.4 Å². The zero-order chi connectivity index (χ0) is 22.1. The van der Waals surface area contributed by atoms with Crippen molar-refractivity contribution in [1.82, 2.24) is 20.2 Å². The van der Waals surface area contributed by atoms with Crippen LogP contribution in [0.3, 0.4) is 0 Å². The van der Waals surface area contributed by atoms with Gasteiger partial charge in [-0.1, -0.05) is 18.2 Å². The summed E-state index contributed by atoms with van der Waals surface area (Å²) in [6.07, 6.45) is -0.122. The van der Waals surface area contributed by atoms with E-state index < -0.39 is 6.09 Å². The Morgan fingerprint density at radius 3 is 2.81 bits per heavy atom. The molecule has 0 saturated carbocycles. The lowest BCUT2D eigenvalue weighted by atomic mass is 10.1. The van der Waals surface area contributed by atoms with Crippen molar-refractivity contribution in [2.24, 2.45) is 0 Å². The molecule has 5 rings (SSSR count). The molecular formula is C23H19N5O4. The zero-order valence-electron chi connectivity index (χ0n) is 17.1. The van der Waals surface area contributed by atoms with Crippen LogP contribution in [0.5, 0.6) is 0 Å². The van der Waals surface area contributed by atoms with E-state index in [1.54, 1.807) is 13.0 Å². The van der Waals surface area contributed by atoms with Crippen LogP contribution in [-0.4, -0.2) is 32.9 Å². The van der Waals surface area contributed by atoms with Crippen LogP contribution in [-0.2, 0) is 11.2 Å².